The van der Waals surface area contributed by atoms with E-state index in [0.29, 0.717) is 49.1 Å². The highest BCUT2D eigenvalue weighted by molar-refractivity contribution is 7.15. The predicted octanol–water partition coefficient (Wildman–Crippen LogP) is 3.47. The van der Waals surface area contributed by atoms with Crippen molar-refractivity contribution < 1.29 is 13.7 Å². The summed E-state index contributed by atoms with van der Waals surface area (Å²) in [5.74, 6) is -0.537. The number of carbonyl (C=O) groups is 1. The fourth-order valence-corrected chi connectivity index (χ4v) is 4.97. The fourth-order valence-electron chi connectivity index (χ4n) is 3.98. The van der Waals surface area contributed by atoms with E-state index in [-0.39, 0.29) is 33.3 Å². The van der Waals surface area contributed by atoms with Gasteiger partial charge in [-0.15, -0.1) is 11.3 Å². The van der Waals surface area contributed by atoms with Crippen LogP contribution in [0.4, 0.5) is 4.39 Å². The highest BCUT2D eigenvalue weighted by Crippen LogP contribution is 2.34. The summed E-state index contributed by atoms with van der Waals surface area (Å²) in [5, 5.41) is 5.91. The van der Waals surface area contributed by atoms with Gasteiger partial charge >= 0.3 is 0 Å². The number of rotatable bonds is 4. The number of hydrogen-bond acceptors (Lipinski definition) is 7. The highest BCUT2D eigenvalue weighted by atomic mass is 35.5. The Kier molecular flexibility index (Phi) is 5.73. The monoisotopic (exact) mass is 487 g/mol. The first-order chi connectivity index (χ1) is 15.9. The third kappa shape index (κ3) is 4.05. The second kappa shape index (κ2) is 8.69. The summed E-state index contributed by atoms with van der Waals surface area (Å²) in [6.07, 6.45) is 1.71. The molecule has 0 saturated carbocycles. The lowest BCUT2D eigenvalue weighted by Crippen LogP contribution is -2.48. The van der Waals surface area contributed by atoms with Crippen LogP contribution in [0.3, 0.4) is 0 Å². The van der Waals surface area contributed by atoms with Crippen molar-refractivity contribution in [3.63, 3.8) is 0 Å². The van der Waals surface area contributed by atoms with Crippen molar-refractivity contribution in [2.75, 3.05) is 26.2 Å². The third-order valence-corrected chi connectivity index (χ3v) is 6.75. The van der Waals surface area contributed by atoms with Crippen molar-refractivity contribution in [3.8, 4) is 11.3 Å². The Labute approximate surface area is 196 Å². The maximum atomic E-state index is 14.5. The molecule has 0 spiro atoms. The van der Waals surface area contributed by atoms with E-state index in [4.69, 9.17) is 16.1 Å². The van der Waals surface area contributed by atoms with Gasteiger partial charge in [-0.05, 0) is 19.1 Å². The molecule has 1 fully saturated rings. The van der Waals surface area contributed by atoms with E-state index in [1.165, 1.54) is 27.9 Å². The van der Waals surface area contributed by atoms with E-state index >= 15 is 0 Å². The van der Waals surface area contributed by atoms with Gasteiger partial charge in [0, 0.05) is 50.4 Å². The summed E-state index contributed by atoms with van der Waals surface area (Å²) in [4.78, 5) is 34.6. The summed E-state index contributed by atoms with van der Waals surface area (Å²) in [5.41, 5.74) is 0.977. The van der Waals surface area contributed by atoms with Gasteiger partial charge in [-0.1, -0.05) is 22.8 Å². The molecule has 0 aliphatic carbocycles. The molecule has 1 amide bonds. The molecule has 0 radical (unpaired) electrons. The number of carbonyl (C=O) groups excluding carboxylic acids is 1. The van der Waals surface area contributed by atoms with E-state index in [2.05, 4.69) is 15.0 Å². The largest absolute Gasteiger partial charge is 0.360 e. The minimum absolute atomic E-state index is 0.0549. The van der Waals surface area contributed by atoms with Gasteiger partial charge in [0.05, 0.1) is 16.3 Å². The number of halogens is 2. The Hall–Kier alpha value is -3.08. The van der Waals surface area contributed by atoms with Gasteiger partial charge in [-0.2, -0.15) is 0 Å². The smallest absolute Gasteiger partial charge is 0.259 e. The number of fused-ring (bicyclic) bond motifs is 1. The Balaban J connectivity index is 1.31. The average Bonchev–Trinajstić information content (AvgIpc) is 3.41. The summed E-state index contributed by atoms with van der Waals surface area (Å²) >= 11 is 7.60. The number of thiazole rings is 1. The van der Waals surface area contributed by atoms with Crippen LogP contribution in [0.5, 0.6) is 0 Å². The molecule has 4 aromatic rings. The van der Waals surface area contributed by atoms with E-state index in [1.807, 2.05) is 5.38 Å². The number of aryl methyl sites for hydroxylation is 1. The van der Waals surface area contributed by atoms with E-state index < -0.39 is 5.82 Å². The first kappa shape index (κ1) is 21.7. The number of aromatic nitrogens is 3. The van der Waals surface area contributed by atoms with Crippen LogP contribution >= 0.6 is 22.9 Å². The van der Waals surface area contributed by atoms with Crippen molar-refractivity contribution in [2.24, 2.45) is 0 Å². The minimum atomic E-state index is -0.569. The minimum Gasteiger partial charge on any atom is -0.360 e. The van der Waals surface area contributed by atoms with Gasteiger partial charge < -0.3 is 9.42 Å². The molecule has 1 aliphatic rings. The second-order valence-corrected chi connectivity index (χ2v) is 9.05. The topological polar surface area (TPSA) is 84.0 Å². The van der Waals surface area contributed by atoms with E-state index in [0.717, 1.165) is 0 Å². The van der Waals surface area contributed by atoms with Gasteiger partial charge in [0.15, 0.2) is 4.96 Å². The Morgan fingerprint density at radius 1 is 1.27 bits per heavy atom. The summed E-state index contributed by atoms with van der Waals surface area (Å²) in [6, 6.07) is 5.85. The van der Waals surface area contributed by atoms with Crippen LogP contribution in [0.15, 0.2) is 45.2 Å². The van der Waals surface area contributed by atoms with E-state index in [9.17, 15) is 14.0 Å². The summed E-state index contributed by atoms with van der Waals surface area (Å²) in [6.45, 7) is 4.30. The molecule has 1 aliphatic heterocycles. The second-order valence-electron chi connectivity index (χ2n) is 7.77. The van der Waals surface area contributed by atoms with Crippen molar-refractivity contribution in [1.29, 1.82) is 0 Å². The molecule has 5 rings (SSSR count). The van der Waals surface area contributed by atoms with Crippen LogP contribution < -0.4 is 5.56 Å². The fraction of sp³-hybridized carbons (Fsp3) is 0.273. The zero-order valence-corrected chi connectivity index (χ0v) is 19.2. The zero-order chi connectivity index (χ0) is 23.1. The molecule has 0 bridgehead atoms. The number of hydrogen-bond donors (Lipinski definition) is 0. The Bertz CT molecular complexity index is 1390. The van der Waals surface area contributed by atoms with Crippen LogP contribution in [0.1, 0.15) is 21.8 Å². The Morgan fingerprint density at radius 3 is 2.82 bits per heavy atom. The van der Waals surface area contributed by atoms with Gasteiger partial charge in [0.25, 0.3) is 11.5 Å². The molecule has 3 aromatic heterocycles. The van der Waals surface area contributed by atoms with E-state index in [1.54, 1.807) is 30.2 Å². The highest BCUT2D eigenvalue weighted by Gasteiger charge is 2.30. The quantitative estimate of drug-likeness (QED) is 0.438. The predicted molar refractivity (Wildman–Crippen MR) is 122 cm³/mol. The summed E-state index contributed by atoms with van der Waals surface area (Å²) in [7, 11) is 0. The van der Waals surface area contributed by atoms with Crippen molar-refractivity contribution >= 4 is 33.8 Å². The van der Waals surface area contributed by atoms with Gasteiger partial charge in [0.1, 0.15) is 22.8 Å². The van der Waals surface area contributed by atoms with Gasteiger partial charge in [0.2, 0.25) is 0 Å². The third-order valence-electron chi connectivity index (χ3n) is 5.68. The molecular weight excluding hydrogens is 469 g/mol. The van der Waals surface area contributed by atoms with Crippen molar-refractivity contribution in [1.82, 2.24) is 24.3 Å². The van der Waals surface area contributed by atoms with Crippen LogP contribution in [-0.2, 0) is 6.54 Å². The molecule has 33 heavy (non-hydrogen) atoms. The molecule has 1 saturated heterocycles. The molecule has 0 N–H and O–H groups in total. The molecule has 0 atom stereocenters. The SMILES string of the molecule is Cc1onc(-c2c(F)cccc2Cl)c1C(=O)N1CCN(Cc2cc(=O)n3ccsc3n2)CC1. The molecule has 4 heterocycles. The zero-order valence-electron chi connectivity index (χ0n) is 17.6. The van der Waals surface area contributed by atoms with Crippen molar-refractivity contribution in [2.45, 2.75) is 13.5 Å². The molecular formula is C22H19ClFN5O3S. The number of amides is 1. The molecule has 8 nitrogen and oxygen atoms in total. The Morgan fingerprint density at radius 2 is 2.06 bits per heavy atom. The lowest BCUT2D eigenvalue weighted by Gasteiger charge is -2.34. The van der Waals surface area contributed by atoms with Crippen LogP contribution in [0.2, 0.25) is 5.02 Å². The van der Waals surface area contributed by atoms with Crippen LogP contribution in [-0.4, -0.2) is 56.4 Å². The average molecular weight is 488 g/mol. The lowest BCUT2D eigenvalue weighted by atomic mass is 10.0. The number of nitrogens with zero attached hydrogens (tertiary/aromatic N) is 5. The molecule has 0 unspecified atom stereocenters. The maximum Gasteiger partial charge on any atom is 0.259 e. The van der Waals surface area contributed by atoms with Crippen molar-refractivity contribution in [3.05, 3.63) is 74.1 Å². The van der Waals surface area contributed by atoms with Crippen LogP contribution in [0, 0.1) is 12.7 Å². The normalized spacial score (nSPS) is 14.8. The number of piperazine rings is 1. The van der Waals surface area contributed by atoms with Gasteiger partial charge in [-0.25, -0.2) is 9.37 Å². The van der Waals surface area contributed by atoms with Gasteiger partial charge in [-0.3, -0.25) is 18.9 Å². The number of benzene rings is 1. The lowest BCUT2D eigenvalue weighted by molar-refractivity contribution is 0.0626. The molecule has 11 heteroatoms. The first-order valence-corrected chi connectivity index (χ1v) is 11.6. The first-order valence-electron chi connectivity index (χ1n) is 10.3. The molecule has 1 aromatic carbocycles. The molecule has 170 valence electrons. The maximum absolute atomic E-state index is 14.5. The van der Waals surface area contributed by atoms with Crippen LogP contribution in [0.25, 0.3) is 16.2 Å². The summed E-state index contributed by atoms with van der Waals surface area (Å²) < 4.78 is 21.2. The standard InChI is InChI=1S/C22H19ClFN5O3S/c1-13-18(20(26-32-13)19-15(23)3-2-4-16(19)24)21(31)28-7-5-27(6-8-28)12-14-11-17(30)29-9-10-33-22(29)25-14/h2-4,9-11H,5-8,12H2,1H3.